The number of fused-ring (bicyclic) bond motifs is 1. The van der Waals surface area contributed by atoms with Crippen LogP contribution in [0.25, 0.3) is 0 Å². The maximum atomic E-state index is 12.9. The third kappa shape index (κ3) is 3.51. The molecule has 1 aromatic carbocycles. The summed E-state index contributed by atoms with van der Waals surface area (Å²) in [5.41, 5.74) is 1.61. The van der Waals surface area contributed by atoms with E-state index in [2.05, 4.69) is 19.0 Å². The molecule has 0 atom stereocenters. The van der Waals surface area contributed by atoms with Crippen LogP contribution in [0.3, 0.4) is 0 Å². The Kier molecular flexibility index (Phi) is 5.02. The summed E-state index contributed by atoms with van der Waals surface area (Å²) in [5, 5.41) is 0. The third-order valence-electron chi connectivity index (χ3n) is 5.60. The molecule has 27 heavy (non-hydrogen) atoms. The lowest BCUT2D eigenvalue weighted by molar-refractivity contribution is 0.0668. The topological polar surface area (TPSA) is 43.9 Å². The number of anilines is 1. The highest BCUT2D eigenvalue weighted by Crippen LogP contribution is 2.37. The molecule has 0 radical (unpaired) electrons. The first-order chi connectivity index (χ1) is 13.0. The summed E-state index contributed by atoms with van der Waals surface area (Å²) in [6, 6.07) is 11.8. The zero-order valence-electron chi connectivity index (χ0n) is 15.9. The van der Waals surface area contributed by atoms with Gasteiger partial charge in [0.15, 0.2) is 0 Å². The highest BCUT2D eigenvalue weighted by Gasteiger charge is 2.31. The van der Waals surface area contributed by atoms with Crippen molar-refractivity contribution in [2.75, 3.05) is 38.6 Å². The molecule has 2 aromatic rings. The fourth-order valence-corrected chi connectivity index (χ4v) is 5.07. The van der Waals surface area contributed by atoms with Crippen LogP contribution in [-0.4, -0.2) is 61.4 Å². The van der Waals surface area contributed by atoms with E-state index in [0.717, 1.165) is 47.8 Å². The number of rotatable bonds is 3. The Morgan fingerprint density at radius 1 is 1.04 bits per heavy atom. The SMILES string of the molecule is CN(C)C1CCN(C(=O)c2cc3c(s2)CCN3C(=O)c2ccccc2)CC1. The average Bonchev–Trinajstić information content (AvgIpc) is 3.28. The van der Waals surface area contributed by atoms with E-state index in [1.54, 1.807) is 11.3 Å². The summed E-state index contributed by atoms with van der Waals surface area (Å²) in [5.74, 6) is 0.122. The molecule has 1 saturated heterocycles. The van der Waals surface area contributed by atoms with Crippen LogP contribution in [0.1, 0.15) is 37.7 Å². The number of hydrogen-bond acceptors (Lipinski definition) is 4. The molecule has 0 spiro atoms. The molecule has 0 N–H and O–H groups in total. The van der Waals surface area contributed by atoms with Crippen LogP contribution in [-0.2, 0) is 6.42 Å². The normalized spacial score (nSPS) is 17.4. The Labute approximate surface area is 164 Å². The zero-order chi connectivity index (χ0) is 19.0. The summed E-state index contributed by atoms with van der Waals surface area (Å²) >= 11 is 1.55. The van der Waals surface area contributed by atoms with Gasteiger partial charge in [-0.2, -0.15) is 0 Å². The second kappa shape index (κ2) is 7.44. The first-order valence-corrected chi connectivity index (χ1v) is 10.3. The van der Waals surface area contributed by atoms with E-state index < -0.39 is 0 Å². The van der Waals surface area contributed by atoms with Crippen molar-refractivity contribution < 1.29 is 9.59 Å². The predicted molar refractivity (Wildman–Crippen MR) is 109 cm³/mol. The molecule has 2 aliphatic heterocycles. The van der Waals surface area contributed by atoms with Gasteiger partial charge in [0, 0.05) is 42.5 Å². The smallest absolute Gasteiger partial charge is 0.264 e. The van der Waals surface area contributed by atoms with Gasteiger partial charge in [0.1, 0.15) is 0 Å². The third-order valence-corrected chi connectivity index (χ3v) is 6.77. The van der Waals surface area contributed by atoms with Gasteiger partial charge in [0.25, 0.3) is 11.8 Å². The van der Waals surface area contributed by atoms with Crippen LogP contribution in [0.5, 0.6) is 0 Å². The van der Waals surface area contributed by atoms with E-state index in [9.17, 15) is 9.59 Å². The van der Waals surface area contributed by atoms with E-state index in [-0.39, 0.29) is 11.8 Å². The van der Waals surface area contributed by atoms with Crippen molar-refractivity contribution in [3.63, 3.8) is 0 Å². The van der Waals surface area contributed by atoms with Gasteiger partial charge in [-0.3, -0.25) is 9.59 Å². The second-order valence-corrected chi connectivity index (χ2v) is 8.62. The number of likely N-dealkylation sites (tertiary alicyclic amines) is 1. The summed E-state index contributed by atoms with van der Waals surface area (Å²) in [4.78, 5) is 33.7. The number of carbonyl (C=O) groups excluding carboxylic acids is 2. The predicted octanol–water partition coefficient (Wildman–Crippen LogP) is 3.12. The van der Waals surface area contributed by atoms with Gasteiger partial charge in [0.05, 0.1) is 10.6 Å². The van der Waals surface area contributed by atoms with E-state index in [1.165, 1.54) is 0 Å². The number of piperidine rings is 1. The zero-order valence-corrected chi connectivity index (χ0v) is 16.7. The average molecular weight is 384 g/mol. The summed E-state index contributed by atoms with van der Waals surface area (Å²) in [6.45, 7) is 2.30. The number of thiophene rings is 1. The van der Waals surface area contributed by atoms with Crippen molar-refractivity contribution >= 4 is 28.8 Å². The molecular formula is C21H25N3O2S. The van der Waals surface area contributed by atoms with Crippen LogP contribution >= 0.6 is 11.3 Å². The maximum absolute atomic E-state index is 12.9. The lowest BCUT2D eigenvalue weighted by atomic mass is 10.0. The molecule has 0 saturated carbocycles. The molecule has 2 aliphatic rings. The molecule has 4 rings (SSSR count). The second-order valence-electron chi connectivity index (χ2n) is 7.48. The molecule has 1 fully saturated rings. The Morgan fingerprint density at radius 3 is 2.41 bits per heavy atom. The fraction of sp³-hybridized carbons (Fsp3) is 0.429. The first kappa shape index (κ1) is 18.2. The Bertz CT molecular complexity index is 838. The molecule has 5 nitrogen and oxygen atoms in total. The minimum atomic E-state index is 0.0120. The van der Waals surface area contributed by atoms with Gasteiger partial charge in [-0.15, -0.1) is 11.3 Å². The number of amides is 2. The standard InChI is InChI=1S/C21H25N3O2S/c1-22(2)16-8-11-23(12-9-16)21(26)19-14-17-18(27-19)10-13-24(17)20(25)15-6-4-3-5-7-15/h3-7,14,16H,8-13H2,1-2H3. The highest BCUT2D eigenvalue weighted by molar-refractivity contribution is 7.14. The van der Waals surface area contributed by atoms with E-state index in [4.69, 9.17) is 0 Å². The van der Waals surface area contributed by atoms with E-state index >= 15 is 0 Å². The molecule has 142 valence electrons. The Morgan fingerprint density at radius 2 is 1.74 bits per heavy atom. The molecule has 2 amide bonds. The Balaban J connectivity index is 1.48. The molecule has 3 heterocycles. The van der Waals surface area contributed by atoms with Gasteiger partial charge >= 0.3 is 0 Å². The number of carbonyl (C=O) groups is 2. The molecule has 6 heteroatoms. The molecule has 0 bridgehead atoms. The van der Waals surface area contributed by atoms with Crippen LogP contribution in [0.4, 0.5) is 5.69 Å². The maximum Gasteiger partial charge on any atom is 0.264 e. The van der Waals surface area contributed by atoms with Crippen molar-refractivity contribution in [1.82, 2.24) is 9.80 Å². The lowest BCUT2D eigenvalue weighted by Crippen LogP contribution is -2.44. The van der Waals surface area contributed by atoms with Crippen LogP contribution in [0.2, 0.25) is 0 Å². The van der Waals surface area contributed by atoms with Crippen molar-refractivity contribution in [3.8, 4) is 0 Å². The minimum Gasteiger partial charge on any atom is -0.338 e. The molecule has 0 aliphatic carbocycles. The van der Waals surface area contributed by atoms with Crippen LogP contribution in [0.15, 0.2) is 36.4 Å². The van der Waals surface area contributed by atoms with Gasteiger partial charge in [0.2, 0.25) is 0 Å². The van der Waals surface area contributed by atoms with Gasteiger partial charge in [-0.25, -0.2) is 0 Å². The Hall–Kier alpha value is -2.18. The van der Waals surface area contributed by atoms with Crippen molar-refractivity contribution in [2.24, 2.45) is 0 Å². The van der Waals surface area contributed by atoms with Crippen molar-refractivity contribution in [2.45, 2.75) is 25.3 Å². The lowest BCUT2D eigenvalue weighted by Gasteiger charge is -2.35. The number of nitrogens with zero attached hydrogens (tertiary/aromatic N) is 3. The molecule has 1 aromatic heterocycles. The minimum absolute atomic E-state index is 0.0120. The van der Waals surface area contributed by atoms with Gasteiger partial charge in [-0.05, 0) is 45.1 Å². The quantitative estimate of drug-likeness (QED) is 0.818. The first-order valence-electron chi connectivity index (χ1n) is 9.50. The van der Waals surface area contributed by atoms with E-state index in [0.29, 0.717) is 18.2 Å². The van der Waals surface area contributed by atoms with Gasteiger partial charge in [-0.1, -0.05) is 18.2 Å². The number of hydrogen-bond donors (Lipinski definition) is 0. The van der Waals surface area contributed by atoms with Crippen molar-refractivity contribution in [3.05, 3.63) is 51.7 Å². The molecule has 0 unspecified atom stereocenters. The van der Waals surface area contributed by atoms with Gasteiger partial charge < -0.3 is 14.7 Å². The van der Waals surface area contributed by atoms with E-state index in [1.807, 2.05) is 46.2 Å². The van der Waals surface area contributed by atoms with Crippen LogP contribution in [0, 0.1) is 0 Å². The summed E-state index contributed by atoms with van der Waals surface area (Å²) in [7, 11) is 4.20. The van der Waals surface area contributed by atoms with Crippen LogP contribution < -0.4 is 4.90 Å². The molecular weight excluding hydrogens is 358 g/mol. The largest absolute Gasteiger partial charge is 0.338 e. The van der Waals surface area contributed by atoms with Crippen molar-refractivity contribution in [1.29, 1.82) is 0 Å². The summed E-state index contributed by atoms with van der Waals surface area (Å²) < 4.78 is 0. The summed E-state index contributed by atoms with van der Waals surface area (Å²) in [6.07, 6.45) is 2.86. The fourth-order valence-electron chi connectivity index (χ4n) is 3.95. The monoisotopic (exact) mass is 383 g/mol. The number of benzene rings is 1. The highest BCUT2D eigenvalue weighted by atomic mass is 32.1.